The number of amides is 1. The van der Waals surface area contributed by atoms with E-state index < -0.39 is 0 Å². The number of para-hydroxylation sites is 2. The van der Waals surface area contributed by atoms with Gasteiger partial charge in [-0.15, -0.1) is 0 Å². The average Bonchev–Trinajstić information content (AvgIpc) is 2.82. The minimum Gasteiger partial charge on any atom is -0.311 e. The Morgan fingerprint density at radius 2 is 1.27 bits per heavy atom. The van der Waals surface area contributed by atoms with Crippen LogP contribution in [0.1, 0.15) is 15.9 Å². The number of hydrogen-bond acceptors (Lipinski definition) is 4. The Bertz CT molecular complexity index is 1070. The van der Waals surface area contributed by atoms with Crippen molar-refractivity contribution in [3.8, 4) is 0 Å². The number of nitrogens with zero attached hydrogens (tertiary/aromatic N) is 3. The van der Waals surface area contributed by atoms with E-state index in [1.807, 2.05) is 60.7 Å². The molecule has 4 rings (SSSR count). The quantitative estimate of drug-likeness (QED) is 0.357. The predicted molar refractivity (Wildman–Crippen MR) is 120 cm³/mol. The zero-order chi connectivity index (χ0) is 20.6. The molecule has 0 atom stereocenters. The molecule has 4 aromatic rings. The number of rotatable bonds is 6. The van der Waals surface area contributed by atoms with Crippen LogP contribution in [0.5, 0.6) is 0 Å². The van der Waals surface area contributed by atoms with Gasteiger partial charge >= 0.3 is 0 Å². The second-order valence-corrected chi connectivity index (χ2v) is 6.53. The summed E-state index contributed by atoms with van der Waals surface area (Å²) in [5.74, 6) is -0.274. The van der Waals surface area contributed by atoms with Crippen molar-refractivity contribution in [2.45, 2.75) is 0 Å². The Morgan fingerprint density at radius 3 is 1.83 bits per heavy atom. The molecular weight excluding hydrogens is 372 g/mol. The number of carbonyl (C=O) groups is 1. The summed E-state index contributed by atoms with van der Waals surface area (Å²) < 4.78 is 0. The lowest BCUT2D eigenvalue weighted by atomic mass is 10.1. The fraction of sp³-hybridized carbons (Fsp3) is 0. The highest BCUT2D eigenvalue weighted by atomic mass is 16.2. The zero-order valence-corrected chi connectivity index (χ0v) is 16.2. The maximum Gasteiger partial charge on any atom is 0.271 e. The molecule has 0 unspecified atom stereocenters. The van der Waals surface area contributed by atoms with E-state index in [-0.39, 0.29) is 5.91 Å². The molecule has 0 aliphatic rings. The van der Waals surface area contributed by atoms with Crippen molar-refractivity contribution >= 4 is 29.2 Å². The minimum absolute atomic E-state index is 0.274. The van der Waals surface area contributed by atoms with Gasteiger partial charge in [0.25, 0.3) is 5.91 Å². The number of nitrogens with one attached hydrogen (secondary N) is 1. The van der Waals surface area contributed by atoms with Crippen molar-refractivity contribution in [2.75, 3.05) is 4.90 Å². The minimum atomic E-state index is -0.274. The van der Waals surface area contributed by atoms with Crippen molar-refractivity contribution in [2.24, 2.45) is 5.10 Å². The average molecular weight is 392 g/mol. The number of pyridine rings is 1. The fourth-order valence-electron chi connectivity index (χ4n) is 3.04. The van der Waals surface area contributed by atoms with Gasteiger partial charge in [-0.1, -0.05) is 48.5 Å². The van der Waals surface area contributed by atoms with Crippen LogP contribution in [0.15, 0.2) is 115 Å². The third-order valence-corrected chi connectivity index (χ3v) is 4.50. The first-order chi connectivity index (χ1) is 14.8. The van der Waals surface area contributed by atoms with Gasteiger partial charge in [-0.25, -0.2) is 5.43 Å². The highest BCUT2D eigenvalue weighted by Gasteiger charge is 2.11. The second-order valence-electron chi connectivity index (χ2n) is 6.53. The molecule has 1 amide bonds. The van der Waals surface area contributed by atoms with E-state index in [0.717, 1.165) is 22.6 Å². The van der Waals surface area contributed by atoms with Gasteiger partial charge in [0.2, 0.25) is 0 Å². The molecule has 1 heterocycles. The number of hydrazone groups is 1. The molecule has 1 N–H and O–H groups in total. The molecule has 0 saturated carbocycles. The number of benzene rings is 3. The Kier molecular flexibility index (Phi) is 5.91. The summed E-state index contributed by atoms with van der Waals surface area (Å²) in [5.41, 5.74) is 7.12. The first-order valence-corrected chi connectivity index (χ1v) is 9.55. The van der Waals surface area contributed by atoms with Crippen molar-refractivity contribution in [1.82, 2.24) is 10.4 Å². The van der Waals surface area contributed by atoms with Crippen molar-refractivity contribution < 1.29 is 4.79 Å². The Balaban J connectivity index is 1.52. The molecule has 3 aromatic carbocycles. The zero-order valence-electron chi connectivity index (χ0n) is 16.2. The van der Waals surface area contributed by atoms with E-state index in [2.05, 4.69) is 44.7 Å². The van der Waals surface area contributed by atoms with Gasteiger partial charge < -0.3 is 4.90 Å². The van der Waals surface area contributed by atoms with Gasteiger partial charge in [0.1, 0.15) is 0 Å². The fourth-order valence-corrected chi connectivity index (χ4v) is 3.04. The van der Waals surface area contributed by atoms with Crippen LogP contribution in [0.3, 0.4) is 0 Å². The van der Waals surface area contributed by atoms with E-state index in [0.29, 0.717) is 5.56 Å². The summed E-state index contributed by atoms with van der Waals surface area (Å²) >= 11 is 0. The van der Waals surface area contributed by atoms with Crippen LogP contribution in [0.25, 0.3) is 0 Å². The number of anilines is 3. The number of aromatic nitrogens is 1. The van der Waals surface area contributed by atoms with Crippen LogP contribution in [0, 0.1) is 0 Å². The van der Waals surface area contributed by atoms with Crippen molar-refractivity contribution in [3.05, 3.63) is 121 Å². The van der Waals surface area contributed by atoms with E-state index in [1.165, 1.54) is 0 Å². The summed E-state index contributed by atoms with van der Waals surface area (Å²) in [6.45, 7) is 0. The maximum absolute atomic E-state index is 12.0. The molecule has 0 fully saturated rings. The summed E-state index contributed by atoms with van der Waals surface area (Å²) in [4.78, 5) is 18.1. The van der Waals surface area contributed by atoms with Gasteiger partial charge in [-0.3, -0.25) is 9.78 Å². The van der Waals surface area contributed by atoms with Crippen molar-refractivity contribution in [1.29, 1.82) is 0 Å². The lowest BCUT2D eigenvalue weighted by Gasteiger charge is -2.25. The summed E-state index contributed by atoms with van der Waals surface area (Å²) in [5, 5.41) is 4.05. The third-order valence-electron chi connectivity index (χ3n) is 4.50. The maximum atomic E-state index is 12.0. The first-order valence-electron chi connectivity index (χ1n) is 9.55. The molecule has 30 heavy (non-hydrogen) atoms. The predicted octanol–water partition coefficient (Wildman–Crippen LogP) is 5.32. The van der Waals surface area contributed by atoms with E-state index in [4.69, 9.17) is 0 Å². The lowest BCUT2D eigenvalue weighted by Crippen LogP contribution is -2.17. The van der Waals surface area contributed by atoms with Crippen LogP contribution in [-0.2, 0) is 0 Å². The molecular formula is C25H20N4O. The molecule has 0 spiro atoms. The molecule has 0 saturated heterocycles. The first kappa shape index (κ1) is 19.1. The molecule has 0 aliphatic carbocycles. The molecule has 5 heteroatoms. The van der Waals surface area contributed by atoms with Gasteiger partial charge in [0.05, 0.1) is 6.21 Å². The van der Waals surface area contributed by atoms with E-state index in [9.17, 15) is 4.79 Å². The number of hydrogen-bond donors (Lipinski definition) is 1. The molecule has 0 radical (unpaired) electrons. The molecule has 5 nitrogen and oxygen atoms in total. The second kappa shape index (κ2) is 9.30. The summed E-state index contributed by atoms with van der Waals surface area (Å²) in [7, 11) is 0. The molecule has 146 valence electrons. The lowest BCUT2D eigenvalue weighted by molar-refractivity contribution is 0.0955. The smallest absolute Gasteiger partial charge is 0.271 e. The highest BCUT2D eigenvalue weighted by Crippen LogP contribution is 2.33. The Labute approximate surface area is 175 Å². The van der Waals surface area contributed by atoms with Crippen LogP contribution < -0.4 is 10.3 Å². The summed E-state index contributed by atoms with van der Waals surface area (Å²) in [6.07, 6.45) is 4.77. The molecule has 0 bridgehead atoms. The van der Waals surface area contributed by atoms with Crippen LogP contribution in [0.2, 0.25) is 0 Å². The molecule has 1 aromatic heterocycles. The van der Waals surface area contributed by atoms with E-state index >= 15 is 0 Å². The monoisotopic (exact) mass is 392 g/mol. The number of carbonyl (C=O) groups excluding carboxylic acids is 1. The highest BCUT2D eigenvalue weighted by molar-refractivity contribution is 5.94. The summed E-state index contributed by atoms with van der Waals surface area (Å²) in [6, 6.07) is 31.7. The van der Waals surface area contributed by atoms with Crippen LogP contribution in [0.4, 0.5) is 17.1 Å². The SMILES string of the molecule is O=C(NN=Cc1ccc(N(c2ccccc2)c2ccccc2)cc1)c1ccncc1. The van der Waals surface area contributed by atoms with Gasteiger partial charge in [0, 0.05) is 35.0 Å². The Hall–Kier alpha value is -4.25. The standard InChI is InChI=1S/C25H20N4O/c30-25(21-15-17-26-18-16-21)28-27-19-20-11-13-24(14-12-20)29(22-7-3-1-4-8-22)23-9-5-2-6-10-23/h1-19H,(H,28,30). The van der Waals surface area contributed by atoms with Gasteiger partial charge in [-0.05, 0) is 54.1 Å². The Morgan fingerprint density at radius 1 is 0.733 bits per heavy atom. The van der Waals surface area contributed by atoms with Crippen LogP contribution in [-0.4, -0.2) is 17.1 Å². The third kappa shape index (κ3) is 4.59. The largest absolute Gasteiger partial charge is 0.311 e. The van der Waals surface area contributed by atoms with Gasteiger partial charge in [0.15, 0.2) is 0 Å². The van der Waals surface area contributed by atoms with Crippen LogP contribution >= 0.6 is 0 Å². The van der Waals surface area contributed by atoms with Crippen molar-refractivity contribution in [3.63, 3.8) is 0 Å². The van der Waals surface area contributed by atoms with E-state index in [1.54, 1.807) is 30.7 Å². The topological polar surface area (TPSA) is 57.6 Å². The van der Waals surface area contributed by atoms with Gasteiger partial charge in [-0.2, -0.15) is 5.10 Å². The molecule has 0 aliphatic heterocycles. The normalized spacial score (nSPS) is 10.7.